The summed E-state index contributed by atoms with van der Waals surface area (Å²) in [4.78, 5) is 11.0. The van der Waals surface area contributed by atoms with Crippen LogP contribution in [0.3, 0.4) is 0 Å². The second-order valence-electron chi connectivity index (χ2n) is 3.69. The van der Waals surface area contributed by atoms with Crippen LogP contribution in [0.15, 0.2) is 42.5 Å². The Hall–Kier alpha value is -2.49. The van der Waals surface area contributed by atoms with E-state index in [4.69, 9.17) is 4.74 Å². The maximum absolute atomic E-state index is 11.0. The molecule has 83 valence electrons. The summed E-state index contributed by atoms with van der Waals surface area (Å²) in [5.74, 6) is -0.0572. The van der Waals surface area contributed by atoms with Gasteiger partial charge in [-0.1, -0.05) is 18.2 Å². The van der Waals surface area contributed by atoms with Gasteiger partial charge in [0.2, 0.25) is 0 Å². The van der Waals surface area contributed by atoms with Crippen LogP contribution in [0, 0.1) is 0 Å². The van der Waals surface area contributed by atoms with Crippen molar-refractivity contribution in [3.05, 3.63) is 48.0 Å². The van der Waals surface area contributed by atoms with Crippen LogP contribution in [0.4, 0.5) is 11.4 Å². The highest BCUT2D eigenvalue weighted by Gasteiger charge is 2.22. The average molecular weight is 226 g/mol. The van der Waals surface area contributed by atoms with Gasteiger partial charge in [-0.15, -0.1) is 0 Å². The lowest BCUT2D eigenvalue weighted by Crippen LogP contribution is -2.07. The molecule has 2 aromatic rings. The van der Waals surface area contributed by atoms with E-state index in [0.717, 1.165) is 5.69 Å². The van der Waals surface area contributed by atoms with E-state index in [1.165, 1.54) is 6.07 Å². The van der Waals surface area contributed by atoms with Crippen molar-refractivity contribution < 1.29 is 14.6 Å². The lowest BCUT2D eigenvalue weighted by molar-refractivity contribution is 0.0574. The molecule has 4 nitrogen and oxygen atoms in total. The number of ether oxygens (including phenoxy) is 1. The van der Waals surface area contributed by atoms with Gasteiger partial charge in [-0.05, 0) is 24.3 Å². The van der Waals surface area contributed by atoms with Crippen LogP contribution < -0.4 is 10.1 Å². The first-order chi connectivity index (χ1) is 8.25. The minimum Gasteiger partial charge on any atom is -0.453 e. The molecular formula is C13H8NO3. The van der Waals surface area contributed by atoms with Crippen LogP contribution in [0.1, 0.15) is 10.4 Å². The average Bonchev–Trinajstić information content (AvgIpc) is 2.35. The topological polar surface area (TPSA) is 58.2 Å². The molecule has 0 saturated heterocycles. The predicted molar refractivity (Wildman–Crippen MR) is 61.3 cm³/mol. The lowest BCUT2D eigenvalue weighted by atomic mass is 10.1. The van der Waals surface area contributed by atoms with Crippen LogP contribution in [0.5, 0.6) is 11.5 Å². The van der Waals surface area contributed by atoms with Crippen molar-refractivity contribution in [2.45, 2.75) is 0 Å². The van der Waals surface area contributed by atoms with Gasteiger partial charge in [0.15, 0.2) is 11.5 Å². The number of benzene rings is 2. The van der Waals surface area contributed by atoms with Gasteiger partial charge >= 0.3 is 5.97 Å². The summed E-state index contributed by atoms with van der Waals surface area (Å²) in [5, 5.41) is 14.0. The van der Waals surface area contributed by atoms with E-state index in [0.29, 0.717) is 17.2 Å². The van der Waals surface area contributed by atoms with E-state index < -0.39 is 5.97 Å². The number of anilines is 2. The van der Waals surface area contributed by atoms with Crippen molar-refractivity contribution in [2.75, 3.05) is 5.32 Å². The largest absolute Gasteiger partial charge is 0.453 e. The highest BCUT2D eigenvalue weighted by atomic mass is 16.5. The predicted octanol–water partition coefficient (Wildman–Crippen LogP) is 3.11. The summed E-state index contributed by atoms with van der Waals surface area (Å²) in [6, 6.07) is 12.2. The van der Waals surface area contributed by atoms with Gasteiger partial charge in [-0.2, -0.15) is 0 Å². The number of nitrogens with one attached hydrogen (secondary N) is 1. The molecule has 1 aliphatic heterocycles. The SMILES string of the molecule is [O]C(=O)c1cccc2c1Nc1ccccc1O2. The molecule has 3 rings (SSSR count). The van der Waals surface area contributed by atoms with Crippen molar-refractivity contribution in [1.82, 2.24) is 0 Å². The molecule has 0 unspecified atom stereocenters. The Morgan fingerprint density at radius 1 is 1.00 bits per heavy atom. The molecule has 0 aromatic heterocycles. The van der Waals surface area contributed by atoms with Gasteiger partial charge in [0.25, 0.3) is 0 Å². The molecule has 0 spiro atoms. The first kappa shape index (κ1) is 9.72. The molecule has 0 fully saturated rings. The zero-order chi connectivity index (χ0) is 11.8. The number of carbonyl (C=O) groups is 1. The van der Waals surface area contributed by atoms with E-state index in [-0.39, 0.29) is 5.56 Å². The first-order valence-corrected chi connectivity index (χ1v) is 5.14. The van der Waals surface area contributed by atoms with Crippen LogP contribution in [0.2, 0.25) is 0 Å². The van der Waals surface area contributed by atoms with Gasteiger partial charge in [0.1, 0.15) is 0 Å². The maximum atomic E-state index is 11.0. The number of para-hydroxylation sites is 3. The summed E-state index contributed by atoms with van der Waals surface area (Å²) >= 11 is 0. The smallest absolute Gasteiger partial charge is 0.388 e. The zero-order valence-electron chi connectivity index (χ0n) is 8.77. The molecular weight excluding hydrogens is 218 g/mol. The summed E-state index contributed by atoms with van der Waals surface area (Å²) in [5.41, 5.74) is 1.27. The second-order valence-corrected chi connectivity index (χ2v) is 3.69. The van der Waals surface area contributed by atoms with Gasteiger partial charge in [0, 0.05) is 0 Å². The molecule has 4 heteroatoms. The normalized spacial score (nSPS) is 11.8. The van der Waals surface area contributed by atoms with Crippen LogP contribution in [-0.4, -0.2) is 5.97 Å². The Kier molecular flexibility index (Phi) is 2.01. The summed E-state index contributed by atoms with van der Waals surface area (Å²) in [6.45, 7) is 0. The van der Waals surface area contributed by atoms with E-state index in [1.807, 2.05) is 24.3 Å². The maximum Gasteiger partial charge on any atom is 0.388 e. The number of hydrogen-bond acceptors (Lipinski definition) is 3. The van der Waals surface area contributed by atoms with Gasteiger partial charge in [-0.25, -0.2) is 9.90 Å². The van der Waals surface area contributed by atoms with Crippen molar-refractivity contribution >= 4 is 17.3 Å². The molecule has 1 aliphatic rings. The van der Waals surface area contributed by atoms with E-state index in [9.17, 15) is 9.90 Å². The second kappa shape index (κ2) is 3.52. The fourth-order valence-electron chi connectivity index (χ4n) is 1.83. The monoisotopic (exact) mass is 226 g/mol. The third-order valence-corrected chi connectivity index (χ3v) is 2.61. The first-order valence-electron chi connectivity index (χ1n) is 5.14. The summed E-state index contributed by atoms with van der Waals surface area (Å²) < 4.78 is 5.61. The van der Waals surface area contributed by atoms with Crippen LogP contribution in [-0.2, 0) is 5.11 Å². The Bertz CT molecular complexity index is 607. The van der Waals surface area contributed by atoms with Crippen molar-refractivity contribution in [3.63, 3.8) is 0 Å². The molecule has 1 N–H and O–H groups in total. The Morgan fingerprint density at radius 2 is 1.76 bits per heavy atom. The van der Waals surface area contributed by atoms with Crippen LogP contribution >= 0.6 is 0 Å². The number of carbonyl (C=O) groups excluding carboxylic acids is 1. The third kappa shape index (κ3) is 1.50. The molecule has 0 aliphatic carbocycles. The fourth-order valence-corrected chi connectivity index (χ4v) is 1.83. The number of fused-ring (bicyclic) bond motifs is 2. The quantitative estimate of drug-likeness (QED) is 0.693. The molecule has 0 saturated carbocycles. The van der Waals surface area contributed by atoms with Gasteiger partial charge < -0.3 is 10.1 Å². The molecule has 0 bridgehead atoms. The van der Waals surface area contributed by atoms with Crippen molar-refractivity contribution in [3.8, 4) is 11.5 Å². The molecule has 17 heavy (non-hydrogen) atoms. The molecule has 1 heterocycles. The number of hydrogen-bond donors (Lipinski definition) is 1. The van der Waals surface area contributed by atoms with Gasteiger partial charge in [-0.3, -0.25) is 0 Å². The van der Waals surface area contributed by atoms with E-state index >= 15 is 0 Å². The lowest BCUT2D eigenvalue weighted by Gasteiger charge is -2.22. The fraction of sp³-hybridized carbons (Fsp3) is 0. The molecule has 1 radical (unpaired) electrons. The van der Waals surface area contributed by atoms with Gasteiger partial charge in [0.05, 0.1) is 16.9 Å². The minimum atomic E-state index is -1.22. The van der Waals surface area contributed by atoms with E-state index in [2.05, 4.69) is 5.32 Å². The Morgan fingerprint density at radius 3 is 2.59 bits per heavy atom. The number of rotatable bonds is 1. The highest BCUT2D eigenvalue weighted by molar-refractivity contribution is 5.98. The molecule has 0 atom stereocenters. The molecule has 0 amide bonds. The zero-order valence-corrected chi connectivity index (χ0v) is 8.77. The van der Waals surface area contributed by atoms with E-state index in [1.54, 1.807) is 12.1 Å². The van der Waals surface area contributed by atoms with Crippen LogP contribution in [0.25, 0.3) is 0 Å². The highest BCUT2D eigenvalue weighted by Crippen LogP contribution is 2.43. The Balaban J connectivity index is 2.15. The minimum absolute atomic E-state index is 0.0944. The van der Waals surface area contributed by atoms with Crippen molar-refractivity contribution in [1.29, 1.82) is 0 Å². The third-order valence-electron chi connectivity index (χ3n) is 2.61. The standard InChI is InChI=1S/C13H8NO3/c15-13(16)8-4-3-7-11-12(8)14-9-5-1-2-6-10(9)17-11/h1-7,14H. The molecule has 2 aromatic carbocycles. The summed E-state index contributed by atoms with van der Waals surface area (Å²) in [7, 11) is 0. The summed E-state index contributed by atoms with van der Waals surface area (Å²) in [6.07, 6.45) is 0. The van der Waals surface area contributed by atoms with Crippen molar-refractivity contribution in [2.24, 2.45) is 0 Å². The Labute approximate surface area is 97.5 Å².